The first kappa shape index (κ1) is 23.4. The van der Waals surface area contributed by atoms with Crippen molar-refractivity contribution in [3.05, 3.63) is 0 Å². The predicted molar refractivity (Wildman–Crippen MR) is 107 cm³/mol. The molecule has 10 heteroatoms. The third kappa shape index (κ3) is 7.97. The zero-order valence-electron chi connectivity index (χ0n) is 14.9. The van der Waals surface area contributed by atoms with E-state index in [1.54, 1.807) is 14.1 Å². The van der Waals surface area contributed by atoms with Gasteiger partial charge in [-0.3, -0.25) is 4.79 Å². The van der Waals surface area contributed by atoms with Crippen LogP contribution in [0.15, 0.2) is 4.99 Å². The molecule has 0 spiro atoms. The van der Waals surface area contributed by atoms with Crippen molar-refractivity contribution in [1.29, 1.82) is 0 Å². The quantitative estimate of drug-likeness (QED) is 0.309. The molecule has 0 unspecified atom stereocenters. The molecule has 1 heterocycles. The molecule has 24 heavy (non-hydrogen) atoms. The second-order valence-electron chi connectivity index (χ2n) is 5.93. The number of hydrogen-bond donors (Lipinski definition) is 2. The highest BCUT2D eigenvalue weighted by atomic mass is 127. The van der Waals surface area contributed by atoms with Gasteiger partial charge in [0.05, 0.1) is 6.26 Å². The fraction of sp³-hybridized carbons (Fsp3) is 0.857. The standard InChI is InChI=1S/C14H29N5O3S.HI/c1-5-8-15-14(17-11-13(20)18(2)3)16-10-12-7-6-9-19(12)23(4,21)22;/h12H,5-11H2,1-4H3,(H2,15,16,17);1H/t12-;/m1./s1. The average Bonchev–Trinajstić information content (AvgIpc) is 2.94. The summed E-state index contributed by atoms with van der Waals surface area (Å²) < 4.78 is 25.0. The van der Waals surface area contributed by atoms with E-state index in [1.807, 2.05) is 6.92 Å². The molecule has 0 aliphatic carbocycles. The van der Waals surface area contributed by atoms with Crippen molar-refractivity contribution in [3.8, 4) is 0 Å². The van der Waals surface area contributed by atoms with Gasteiger partial charge in [0, 0.05) is 39.8 Å². The Morgan fingerprint density at radius 2 is 2.00 bits per heavy atom. The maximum Gasteiger partial charge on any atom is 0.243 e. The lowest BCUT2D eigenvalue weighted by Gasteiger charge is -2.23. The first-order chi connectivity index (χ1) is 10.8. The van der Waals surface area contributed by atoms with Gasteiger partial charge in [-0.25, -0.2) is 13.4 Å². The molecule has 142 valence electrons. The Balaban J connectivity index is 0.00000529. The molecule has 0 aromatic carbocycles. The molecule has 1 saturated heterocycles. The summed E-state index contributed by atoms with van der Waals surface area (Å²) in [6.45, 7) is 3.89. The van der Waals surface area contributed by atoms with Crippen LogP contribution in [-0.2, 0) is 14.8 Å². The molecule has 8 nitrogen and oxygen atoms in total. The van der Waals surface area contributed by atoms with E-state index >= 15 is 0 Å². The number of nitrogens with zero attached hydrogens (tertiary/aromatic N) is 3. The van der Waals surface area contributed by atoms with Gasteiger partial charge in [0.15, 0.2) is 5.96 Å². The van der Waals surface area contributed by atoms with Crippen molar-refractivity contribution in [2.45, 2.75) is 32.2 Å². The lowest BCUT2D eigenvalue weighted by atomic mass is 10.2. The van der Waals surface area contributed by atoms with Crippen LogP contribution < -0.4 is 10.6 Å². The number of carbonyl (C=O) groups is 1. The summed E-state index contributed by atoms with van der Waals surface area (Å²) in [4.78, 5) is 17.4. The second-order valence-corrected chi connectivity index (χ2v) is 7.87. The number of halogens is 1. The van der Waals surface area contributed by atoms with Gasteiger partial charge in [0.25, 0.3) is 0 Å². The van der Waals surface area contributed by atoms with Crippen LogP contribution in [0.25, 0.3) is 0 Å². The molecule has 1 atom stereocenters. The molecule has 1 rings (SSSR count). The number of rotatable bonds is 7. The Hall–Kier alpha value is -0.620. The van der Waals surface area contributed by atoms with Crippen LogP contribution in [0.4, 0.5) is 0 Å². The number of sulfonamides is 1. The number of hydrogen-bond acceptors (Lipinski definition) is 4. The first-order valence-corrected chi connectivity index (χ1v) is 9.79. The Bertz CT molecular complexity index is 525. The van der Waals surface area contributed by atoms with Gasteiger partial charge in [0.2, 0.25) is 15.9 Å². The topological polar surface area (TPSA) is 94.1 Å². The SMILES string of the molecule is CCCNC(=NCC(=O)N(C)C)NC[C@H]1CCCN1S(C)(=O)=O.I. The van der Waals surface area contributed by atoms with Crippen LogP contribution in [0.3, 0.4) is 0 Å². The molecule has 1 amide bonds. The Kier molecular flexibility index (Phi) is 10.8. The number of guanidine groups is 1. The van der Waals surface area contributed by atoms with Gasteiger partial charge < -0.3 is 15.5 Å². The number of likely N-dealkylation sites (N-methyl/N-ethyl adjacent to an activating group) is 1. The van der Waals surface area contributed by atoms with Crippen LogP contribution in [0, 0.1) is 0 Å². The van der Waals surface area contributed by atoms with Gasteiger partial charge in [-0.05, 0) is 19.3 Å². The molecule has 0 bridgehead atoms. The molecule has 1 aliphatic rings. The molecule has 0 aromatic rings. The van der Waals surface area contributed by atoms with Crippen molar-refractivity contribution in [2.24, 2.45) is 4.99 Å². The van der Waals surface area contributed by atoms with Crippen molar-refractivity contribution < 1.29 is 13.2 Å². The normalized spacial score (nSPS) is 18.8. The van der Waals surface area contributed by atoms with Gasteiger partial charge in [-0.2, -0.15) is 4.31 Å². The van der Waals surface area contributed by atoms with E-state index in [2.05, 4.69) is 15.6 Å². The maximum absolute atomic E-state index is 11.8. The molecule has 0 aromatic heterocycles. The fourth-order valence-electron chi connectivity index (χ4n) is 2.37. The summed E-state index contributed by atoms with van der Waals surface area (Å²) in [5.74, 6) is 0.462. The zero-order chi connectivity index (χ0) is 17.5. The van der Waals surface area contributed by atoms with Gasteiger partial charge in [-0.1, -0.05) is 6.92 Å². The van der Waals surface area contributed by atoms with Crippen molar-refractivity contribution >= 4 is 45.9 Å². The second kappa shape index (κ2) is 11.1. The minimum Gasteiger partial charge on any atom is -0.356 e. The van der Waals surface area contributed by atoms with Crippen LogP contribution in [0.1, 0.15) is 26.2 Å². The lowest BCUT2D eigenvalue weighted by molar-refractivity contribution is -0.127. The highest BCUT2D eigenvalue weighted by molar-refractivity contribution is 14.0. The number of carbonyl (C=O) groups excluding carboxylic acids is 1. The van der Waals surface area contributed by atoms with Crippen LogP contribution in [-0.4, -0.2) is 82.1 Å². The van der Waals surface area contributed by atoms with Crippen molar-refractivity contribution in [1.82, 2.24) is 19.8 Å². The highest BCUT2D eigenvalue weighted by Gasteiger charge is 2.31. The Morgan fingerprint density at radius 1 is 1.33 bits per heavy atom. The van der Waals surface area contributed by atoms with E-state index in [0.29, 0.717) is 19.0 Å². The number of nitrogens with one attached hydrogen (secondary N) is 2. The molecule has 2 N–H and O–H groups in total. The average molecular weight is 475 g/mol. The van der Waals surface area contributed by atoms with Crippen molar-refractivity contribution in [3.63, 3.8) is 0 Å². The molecular formula is C14H30IN5O3S. The summed E-state index contributed by atoms with van der Waals surface area (Å²) in [6, 6.07) is -0.0665. The third-order valence-electron chi connectivity index (χ3n) is 3.67. The van der Waals surface area contributed by atoms with Crippen LogP contribution in [0.5, 0.6) is 0 Å². The third-order valence-corrected chi connectivity index (χ3v) is 5.00. The Morgan fingerprint density at radius 3 is 2.54 bits per heavy atom. The highest BCUT2D eigenvalue weighted by Crippen LogP contribution is 2.19. The van der Waals surface area contributed by atoms with E-state index in [4.69, 9.17) is 0 Å². The van der Waals surface area contributed by atoms with Crippen LogP contribution in [0.2, 0.25) is 0 Å². The molecule has 0 radical (unpaired) electrons. The fourth-order valence-corrected chi connectivity index (χ4v) is 3.55. The van der Waals surface area contributed by atoms with Gasteiger partial charge >= 0.3 is 0 Å². The minimum atomic E-state index is -3.18. The molecule has 1 fully saturated rings. The van der Waals surface area contributed by atoms with E-state index in [9.17, 15) is 13.2 Å². The van der Waals surface area contributed by atoms with Gasteiger partial charge in [0.1, 0.15) is 6.54 Å². The monoisotopic (exact) mass is 475 g/mol. The van der Waals surface area contributed by atoms with E-state index < -0.39 is 10.0 Å². The number of aliphatic imine (C=N–C) groups is 1. The lowest BCUT2D eigenvalue weighted by Crippen LogP contribution is -2.46. The van der Waals surface area contributed by atoms with E-state index in [-0.39, 0.29) is 42.5 Å². The van der Waals surface area contributed by atoms with E-state index in [0.717, 1.165) is 25.8 Å². The molecule has 1 aliphatic heterocycles. The summed E-state index contributed by atoms with van der Waals surface area (Å²) in [6.07, 6.45) is 3.87. The molecule has 0 saturated carbocycles. The smallest absolute Gasteiger partial charge is 0.243 e. The minimum absolute atomic E-state index is 0. The molecular weight excluding hydrogens is 445 g/mol. The van der Waals surface area contributed by atoms with E-state index in [1.165, 1.54) is 15.5 Å². The predicted octanol–water partition coefficient (Wildman–Crippen LogP) is 0.0618. The van der Waals surface area contributed by atoms with Crippen molar-refractivity contribution in [2.75, 3.05) is 46.5 Å². The van der Waals surface area contributed by atoms with Crippen LogP contribution >= 0.6 is 24.0 Å². The van der Waals surface area contributed by atoms with Gasteiger partial charge in [-0.15, -0.1) is 24.0 Å². The first-order valence-electron chi connectivity index (χ1n) is 7.94. The summed E-state index contributed by atoms with van der Waals surface area (Å²) in [5, 5.41) is 6.30. The number of amides is 1. The zero-order valence-corrected chi connectivity index (χ0v) is 18.1. The maximum atomic E-state index is 11.8. The Labute approximate surface area is 162 Å². The largest absolute Gasteiger partial charge is 0.356 e. The summed E-state index contributed by atoms with van der Waals surface area (Å²) in [7, 11) is 0.194. The summed E-state index contributed by atoms with van der Waals surface area (Å²) in [5.41, 5.74) is 0. The summed E-state index contributed by atoms with van der Waals surface area (Å²) >= 11 is 0.